The molecule has 0 aliphatic carbocycles. The fraction of sp³-hybridized carbons (Fsp3) is 0.500. The predicted octanol–water partition coefficient (Wildman–Crippen LogP) is 1.44. The van der Waals surface area contributed by atoms with E-state index in [0.29, 0.717) is 6.42 Å². The summed E-state index contributed by atoms with van der Waals surface area (Å²) < 4.78 is 0. The van der Waals surface area contributed by atoms with Crippen LogP contribution >= 0.6 is 0 Å². The highest BCUT2D eigenvalue weighted by atomic mass is 16.2. The fourth-order valence-corrected chi connectivity index (χ4v) is 2.31. The van der Waals surface area contributed by atoms with Gasteiger partial charge in [-0.15, -0.1) is 0 Å². The van der Waals surface area contributed by atoms with E-state index >= 15 is 0 Å². The molecule has 5 heteroatoms. The average molecular weight is 289 g/mol. The number of carbonyl (C=O) groups excluding carboxylic acids is 2. The van der Waals surface area contributed by atoms with Crippen LogP contribution in [0.4, 0.5) is 5.69 Å². The van der Waals surface area contributed by atoms with Gasteiger partial charge in [0.15, 0.2) is 0 Å². The molecule has 3 N–H and O–H groups in total. The third-order valence-corrected chi connectivity index (χ3v) is 3.34. The number of hydrogen-bond donors (Lipinski definition) is 3. The summed E-state index contributed by atoms with van der Waals surface area (Å²) in [6.45, 7) is 7.43. The maximum Gasteiger partial charge on any atom is 0.243 e. The van der Waals surface area contributed by atoms with Crippen LogP contribution in [-0.4, -0.2) is 29.4 Å². The molecular weight excluding hydrogens is 266 g/mol. The van der Waals surface area contributed by atoms with Crippen molar-refractivity contribution in [1.82, 2.24) is 10.6 Å². The van der Waals surface area contributed by atoms with Gasteiger partial charge in [-0.1, -0.05) is 18.2 Å². The molecule has 0 aromatic heterocycles. The van der Waals surface area contributed by atoms with Gasteiger partial charge in [-0.2, -0.15) is 0 Å². The van der Waals surface area contributed by atoms with Crippen LogP contribution in [0.1, 0.15) is 33.3 Å². The summed E-state index contributed by atoms with van der Waals surface area (Å²) in [7, 11) is 0. The van der Waals surface area contributed by atoms with Crippen LogP contribution in [0.25, 0.3) is 0 Å². The Bertz CT molecular complexity index is 524. The van der Waals surface area contributed by atoms with Gasteiger partial charge < -0.3 is 16.0 Å². The highest BCUT2D eigenvalue weighted by molar-refractivity contribution is 5.92. The van der Waals surface area contributed by atoms with Gasteiger partial charge in [-0.25, -0.2) is 0 Å². The number of fused-ring (bicyclic) bond motifs is 1. The van der Waals surface area contributed by atoms with Crippen molar-refractivity contribution in [1.29, 1.82) is 0 Å². The summed E-state index contributed by atoms with van der Waals surface area (Å²) in [6, 6.07) is 6.99. The van der Waals surface area contributed by atoms with E-state index in [9.17, 15) is 9.59 Å². The zero-order chi connectivity index (χ0) is 15.6. The molecule has 114 valence electrons. The molecule has 0 bridgehead atoms. The Morgan fingerprint density at radius 2 is 1.95 bits per heavy atom. The molecule has 0 saturated carbocycles. The Labute approximate surface area is 125 Å². The van der Waals surface area contributed by atoms with E-state index in [2.05, 4.69) is 16.0 Å². The minimum absolute atomic E-state index is 0.150. The molecule has 1 aliphatic heterocycles. The van der Waals surface area contributed by atoms with Crippen LogP contribution in [0.5, 0.6) is 0 Å². The van der Waals surface area contributed by atoms with Gasteiger partial charge in [0.2, 0.25) is 11.8 Å². The lowest BCUT2D eigenvalue weighted by Crippen LogP contribution is -2.53. The topological polar surface area (TPSA) is 70.2 Å². The molecule has 21 heavy (non-hydrogen) atoms. The first-order valence-electron chi connectivity index (χ1n) is 7.23. The smallest absolute Gasteiger partial charge is 0.243 e. The monoisotopic (exact) mass is 289 g/mol. The van der Waals surface area contributed by atoms with Gasteiger partial charge in [-0.05, 0) is 39.3 Å². The minimum atomic E-state index is -0.553. The molecule has 1 heterocycles. The van der Waals surface area contributed by atoms with Crippen molar-refractivity contribution in [2.75, 3.05) is 5.32 Å². The fourth-order valence-electron chi connectivity index (χ4n) is 2.31. The highest BCUT2D eigenvalue weighted by Crippen LogP contribution is 2.25. The minimum Gasteiger partial charge on any atom is -0.373 e. The molecule has 0 saturated heterocycles. The summed E-state index contributed by atoms with van der Waals surface area (Å²) in [6.07, 6.45) is 0.648. The maximum absolute atomic E-state index is 12.2. The summed E-state index contributed by atoms with van der Waals surface area (Å²) in [4.78, 5) is 24.2. The van der Waals surface area contributed by atoms with Crippen LogP contribution in [0.15, 0.2) is 24.3 Å². The predicted molar refractivity (Wildman–Crippen MR) is 83.1 cm³/mol. The van der Waals surface area contributed by atoms with E-state index in [0.717, 1.165) is 11.3 Å². The lowest BCUT2D eigenvalue weighted by atomic mass is 10.1. The number of carbonyl (C=O) groups is 2. The van der Waals surface area contributed by atoms with Crippen molar-refractivity contribution in [3.63, 3.8) is 0 Å². The third-order valence-electron chi connectivity index (χ3n) is 3.34. The molecule has 1 aromatic rings. The number of hydrogen-bond acceptors (Lipinski definition) is 3. The largest absolute Gasteiger partial charge is 0.373 e. The molecule has 2 atom stereocenters. The van der Waals surface area contributed by atoms with Crippen LogP contribution < -0.4 is 16.0 Å². The molecular formula is C16H23N3O2. The molecule has 1 aliphatic rings. The lowest BCUT2D eigenvalue weighted by Gasteiger charge is -2.24. The van der Waals surface area contributed by atoms with Crippen LogP contribution in [-0.2, 0) is 16.0 Å². The van der Waals surface area contributed by atoms with Crippen molar-refractivity contribution >= 4 is 17.5 Å². The normalized spacial score (nSPS) is 18.4. The molecule has 0 fully saturated rings. The van der Waals surface area contributed by atoms with Gasteiger partial charge in [0, 0.05) is 17.6 Å². The van der Waals surface area contributed by atoms with E-state index in [-0.39, 0.29) is 23.4 Å². The molecule has 1 aromatic carbocycles. The van der Waals surface area contributed by atoms with Crippen molar-refractivity contribution in [3.8, 4) is 0 Å². The average Bonchev–Trinajstić information content (AvgIpc) is 2.80. The quantitative estimate of drug-likeness (QED) is 0.788. The van der Waals surface area contributed by atoms with Crippen molar-refractivity contribution < 1.29 is 9.59 Å². The molecule has 0 radical (unpaired) electrons. The Balaban J connectivity index is 1.90. The summed E-state index contributed by atoms with van der Waals surface area (Å²) >= 11 is 0. The van der Waals surface area contributed by atoms with E-state index in [1.54, 1.807) is 6.92 Å². The van der Waals surface area contributed by atoms with Gasteiger partial charge >= 0.3 is 0 Å². The first-order chi connectivity index (χ1) is 9.76. The number of nitrogens with one attached hydrogen (secondary N) is 3. The molecule has 0 spiro atoms. The first-order valence-corrected chi connectivity index (χ1v) is 7.23. The maximum atomic E-state index is 12.2. The number of rotatable bonds is 3. The third kappa shape index (κ3) is 3.97. The molecule has 5 nitrogen and oxygen atoms in total. The van der Waals surface area contributed by atoms with Gasteiger partial charge in [0.1, 0.15) is 12.1 Å². The summed E-state index contributed by atoms with van der Waals surface area (Å²) in [5, 5.41) is 8.81. The van der Waals surface area contributed by atoms with Gasteiger partial charge in [0.05, 0.1) is 0 Å². The zero-order valence-corrected chi connectivity index (χ0v) is 13.0. The van der Waals surface area contributed by atoms with Gasteiger partial charge in [-0.3, -0.25) is 9.59 Å². The standard InChI is InChI=1S/C16H23N3O2/c1-10(14(20)19-16(2,3)4)17-15(21)13-9-11-7-5-6-8-12(11)18-13/h5-8,10,13,18H,9H2,1-4H3,(H,17,21)(H,19,20)/t10?,13-/m0/s1. The molecule has 1 unspecified atom stereocenters. The van der Waals surface area contributed by atoms with E-state index in [1.807, 2.05) is 45.0 Å². The van der Waals surface area contributed by atoms with Crippen LogP contribution in [0, 0.1) is 0 Å². The van der Waals surface area contributed by atoms with Crippen molar-refractivity contribution in [3.05, 3.63) is 29.8 Å². The van der Waals surface area contributed by atoms with E-state index in [1.165, 1.54) is 0 Å². The summed E-state index contributed by atoms with van der Waals surface area (Å²) in [5.74, 6) is -0.325. The zero-order valence-electron chi connectivity index (χ0n) is 13.0. The molecule has 2 rings (SSSR count). The first kappa shape index (κ1) is 15.4. The second kappa shape index (κ2) is 5.76. The van der Waals surface area contributed by atoms with Crippen LogP contribution in [0.3, 0.4) is 0 Å². The van der Waals surface area contributed by atoms with Crippen molar-refractivity contribution in [2.24, 2.45) is 0 Å². The summed E-state index contributed by atoms with van der Waals surface area (Å²) in [5.41, 5.74) is 1.81. The number of amides is 2. The number of anilines is 1. The second-order valence-corrected chi connectivity index (χ2v) is 6.53. The Hall–Kier alpha value is -2.04. The lowest BCUT2D eigenvalue weighted by molar-refractivity contribution is -0.129. The highest BCUT2D eigenvalue weighted by Gasteiger charge is 2.29. The number of benzene rings is 1. The second-order valence-electron chi connectivity index (χ2n) is 6.53. The van der Waals surface area contributed by atoms with Crippen LogP contribution in [0.2, 0.25) is 0 Å². The Kier molecular flexibility index (Phi) is 4.21. The number of para-hydroxylation sites is 1. The van der Waals surface area contributed by atoms with E-state index < -0.39 is 6.04 Å². The Morgan fingerprint density at radius 1 is 1.29 bits per heavy atom. The molecule has 2 amide bonds. The van der Waals surface area contributed by atoms with Crippen molar-refractivity contribution in [2.45, 2.75) is 51.7 Å². The van der Waals surface area contributed by atoms with E-state index in [4.69, 9.17) is 0 Å². The van der Waals surface area contributed by atoms with Gasteiger partial charge in [0.25, 0.3) is 0 Å². The Morgan fingerprint density at radius 3 is 2.57 bits per heavy atom. The SMILES string of the molecule is CC(NC(=O)[C@@H]1Cc2ccccc2N1)C(=O)NC(C)(C)C.